The Morgan fingerprint density at radius 3 is 2.81 bits per heavy atom. The molecule has 2 fully saturated rings. The Labute approximate surface area is 125 Å². The molecule has 118 valence electrons. The molecule has 0 aliphatic carbocycles. The zero-order chi connectivity index (χ0) is 15.0. The van der Waals surface area contributed by atoms with Gasteiger partial charge < -0.3 is 15.0 Å². The lowest BCUT2D eigenvalue weighted by Gasteiger charge is -2.29. The van der Waals surface area contributed by atoms with Crippen LogP contribution in [0.15, 0.2) is 17.6 Å². The van der Waals surface area contributed by atoms with Gasteiger partial charge in [-0.15, -0.1) is 0 Å². The van der Waals surface area contributed by atoms with Gasteiger partial charge in [-0.3, -0.25) is 0 Å². The summed E-state index contributed by atoms with van der Waals surface area (Å²) in [5.74, 6) is 0.0730. The van der Waals surface area contributed by atoms with E-state index >= 15 is 0 Å². The molecule has 3 atom stereocenters. The van der Waals surface area contributed by atoms with Crippen molar-refractivity contribution in [1.29, 1.82) is 0 Å². The zero-order valence-corrected chi connectivity index (χ0v) is 13.0. The summed E-state index contributed by atoms with van der Waals surface area (Å²) >= 11 is 0. The normalized spacial score (nSPS) is 31.6. The molecular formula is C13H22N4O3S. The first-order valence-electron chi connectivity index (χ1n) is 7.34. The van der Waals surface area contributed by atoms with Crippen LogP contribution in [-0.4, -0.2) is 54.1 Å². The number of ether oxygens (including phenoxy) is 1. The van der Waals surface area contributed by atoms with Crippen LogP contribution < -0.4 is 5.73 Å². The molecule has 1 aromatic rings. The molecule has 3 unspecified atom stereocenters. The van der Waals surface area contributed by atoms with Crippen molar-refractivity contribution in [2.75, 3.05) is 19.7 Å². The number of hydrogen-bond donors (Lipinski definition) is 1. The number of aryl methyl sites for hydroxylation is 1. The summed E-state index contributed by atoms with van der Waals surface area (Å²) < 4.78 is 34.0. The van der Waals surface area contributed by atoms with E-state index in [0.29, 0.717) is 13.1 Å². The number of imidazole rings is 1. The lowest BCUT2D eigenvalue weighted by Crippen LogP contribution is -2.39. The maximum atomic E-state index is 12.6. The van der Waals surface area contributed by atoms with Gasteiger partial charge in [-0.2, -0.15) is 4.31 Å². The predicted octanol–water partition coefficient (Wildman–Crippen LogP) is -0.0630. The van der Waals surface area contributed by atoms with Crippen LogP contribution in [0.25, 0.3) is 0 Å². The summed E-state index contributed by atoms with van der Waals surface area (Å²) in [6, 6.07) is -0.174. The van der Waals surface area contributed by atoms with Gasteiger partial charge in [0.1, 0.15) is 0 Å². The van der Waals surface area contributed by atoms with Gasteiger partial charge in [0.2, 0.25) is 0 Å². The SMILES string of the molecule is Cn1cnc(S(=O)(=O)N2CC(N)C(C3CCCCO3)C2)c1. The quantitative estimate of drug-likeness (QED) is 0.844. The Hall–Kier alpha value is -0.960. The van der Waals surface area contributed by atoms with Crippen LogP contribution in [0.5, 0.6) is 0 Å². The van der Waals surface area contributed by atoms with Crippen LogP contribution in [0, 0.1) is 5.92 Å². The van der Waals surface area contributed by atoms with Crippen molar-refractivity contribution in [3.8, 4) is 0 Å². The topological polar surface area (TPSA) is 90.5 Å². The van der Waals surface area contributed by atoms with Gasteiger partial charge in [-0.05, 0) is 19.3 Å². The fourth-order valence-electron chi connectivity index (χ4n) is 3.16. The molecule has 2 aliphatic heterocycles. The van der Waals surface area contributed by atoms with E-state index in [1.165, 1.54) is 16.8 Å². The molecule has 0 aromatic carbocycles. The van der Waals surface area contributed by atoms with E-state index in [4.69, 9.17) is 10.5 Å². The third kappa shape index (κ3) is 2.85. The average Bonchev–Trinajstić information content (AvgIpc) is 3.07. The summed E-state index contributed by atoms with van der Waals surface area (Å²) in [7, 11) is -1.81. The maximum Gasteiger partial charge on any atom is 0.262 e. The summed E-state index contributed by atoms with van der Waals surface area (Å²) in [6.45, 7) is 1.51. The van der Waals surface area contributed by atoms with Crippen LogP contribution in [-0.2, 0) is 21.8 Å². The van der Waals surface area contributed by atoms with Crippen LogP contribution in [0.1, 0.15) is 19.3 Å². The third-order valence-corrected chi connectivity index (χ3v) is 6.07. The second-order valence-corrected chi connectivity index (χ2v) is 7.82. The fourth-order valence-corrected chi connectivity index (χ4v) is 4.64. The van der Waals surface area contributed by atoms with E-state index in [2.05, 4.69) is 4.98 Å². The minimum Gasteiger partial charge on any atom is -0.378 e. The number of aromatic nitrogens is 2. The minimum atomic E-state index is -3.56. The molecule has 3 heterocycles. The monoisotopic (exact) mass is 314 g/mol. The molecule has 21 heavy (non-hydrogen) atoms. The van der Waals surface area contributed by atoms with Crippen molar-refractivity contribution in [2.45, 2.75) is 36.4 Å². The molecule has 0 spiro atoms. The largest absolute Gasteiger partial charge is 0.378 e. The van der Waals surface area contributed by atoms with Crippen molar-refractivity contribution < 1.29 is 13.2 Å². The Balaban J connectivity index is 1.75. The number of sulfonamides is 1. The lowest BCUT2D eigenvalue weighted by molar-refractivity contribution is -0.0201. The predicted molar refractivity (Wildman–Crippen MR) is 77.0 cm³/mol. The number of hydrogen-bond acceptors (Lipinski definition) is 5. The Kier molecular flexibility index (Phi) is 4.04. The first-order chi connectivity index (χ1) is 9.98. The van der Waals surface area contributed by atoms with Gasteiger partial charge in [0.05, 0.1) is 12.4 Å². The van der Waals surface area contributed by atoms with Crippen molar-refractivity contribution in [3.05, 3.63) is 12.5 Å². The molecule has 8 heteroatoms. The molecule has 0 bridgehead atoms. The second-order valence-electron chi connectivity index (χ2n) is 5.93. The van der Waals surface area contributed by atoms with Gasteiger partial charge in [0, 0.05) is 44.9 Å². The van der Waals surface area contributed by atoms with E-state index in [1.54, 1.807) is 11.6 Å². The van der Waals surface area contributed by atoms with Crippen molar-refractivity contribution in [2.24, 2.45) is 18.7 Å². The van der Waals surface area contributed by atoms with Crippen LogP contribution in [0.4, 0.5) is 0 Å². The summed E-state index contributed by atoms with van der Waals surface area (Å²) in [4.78, 5) is 3.96. The molecular weight excluding hydrogens is 292 g/mol. The molecule has 0 saturated carbocycles. The molecule has 0 amide bonds. The first-order valence-corrected chi connectivity index (χ1v) is 8.78. The van der Waals surface area contributed by atoms with Crippen molar-refractivity contribution >= 4 is 10.0 Å². The Morgan fingerprint density at radius 1 is 1.38 bits per heavy atom. The highest BCUT2D eigenvalue weighted by molar-refractivity contribution is 7.89. The van der Waals surface area contributed by atoms with Crippen molar-refractivity contribution in [1.82, 2.24) is 13.9 Å². The number of nitrogens with zero attached hydrogens (tertiary/aromatic N) is 3. The smallest absolute Gasteiger partial charge is 0.262 e. The van der Waals surface area contributed by atoms with Gasteiger partial charge in [0.15, 0.2) is 5.03 Å². The first kappa shape index (κ1) is 15.0. The van der Waals surface area contributed by atoms with Gasteiger partial charge in [0.25, 0.3) is 10.0 Å². The maximum absolute atomic E-state index is 12.6. The van der Waals surface area contributed by atoms with Crippen LogP contribution >= 0.6 is 0 Å². The lowest BCUT2D eigenvalue weighted by atomic mass is 9.92. The third-order valence-electron chi connectivity index (χ3n) is 4.36. The summed E-state index contributed by atoms with van der Waals surface area (Å²) in [6.07, 6.45) is 6.26. The van der Waals surface area contributed by atoms with Gasteiger partial charge >= 0.3 is 0 Å². The molecule has 2 aliphatic rings. The highest BCUT2D eigenvalue weighted by atomic mass is 32.2. The molecule has 7 nitrogen and oxygen atoms in total. The summed E-state index contributed by atoms with van der Waals surface area (Å²) in [5.41, 5.74) is 6.17. The van der Waals surface area contributed by atoms with E-state index in [1.807, 2.05) is 0 Å². The minimum absolute atomic E-state index is 0.0730. The van der Waals surface area contributed by atoms with Gasteiger partial charge in [-0.1, -0.05) is 0 Å². The van der Waals surface area contributed by atoms with Crippen LogP contribution in [0.3, 0.4) is 0 Å². The highest BCUT2D eigenvalue weighted by Gasteiger charge is 2.42. The highest BCUT2D eigenvalue weighted by Crippen LogP contribution is 2.30. The number of rotatable bonds is 3. The van der Waals surface area contributed by atoms with Crippen molar-refractivity contribution in [3.63, 3.8) is 0 Å². The number of nitrogens with two attached hydrogens (primary N) is 1. The Bertz CT molecular complexity index is 594. The zero-order valence-electron chi connectivity index (χ0n) is 12.2. The molecule has 2 N–H and O–H groups in total. The van der Waals surface area contributed by atoms with E-state index in [0.717, 1.165) is 25.9 Å². The van der Waals surface area contributed by atoms with E-state index < -0.39 is 10.0 Å². The standard InChI is InChI=1S/C13H22N4O3S/c1-16-8-13(15-9-16)21(18,19)17-6-10(11(14)7-17)12-4-2-3-5-20-12/h8-12H,2-7,14H2,1H3. The van der Waals surface area contributed by atoms with E-state index in [9.17, 15) is 8.42 Å². The molecule has 2 saturated heterocycles. The second kappa shape index (κ2) is 5.68. The van der Waals surface area contributed by atoms with Gasteiger partial charge in [-0.25, -0.2) is 13.4 Å². The van der Waals surface area contributed by atoms with Crippen LogP contribution in [0.2, 0.25) is 0 Å². The molecule has 1 aromatic heterocycles. The molecule has 3 rings (SSSR count). The van der Waals surface area contributed by atoms with E-state index in [-0.39, 0.29) is 23.1 Å². The summed E-state index contributed by atoms with van der Waals surface area (Å²) in [5, 5.41) is 0.0856. The Morgan fingerprint density at radius 2 is 2.19 bits per heavy atom. The molecule has 0 radical (unpaired) electrons. The fraction of sp³-hybridized carbons (Fsp3) is 0.769. The average molecular weight is 314 g/mol.